The number of hydrogen-bond acceptors (Lipinski definition) is 0. The third-order valence-electron chi connectivity index (χ3n) is 23.0. The van der Waals surface area contributed by atoms with Crippen LogP contribution in [0.15, 0.2) is 364 Å². The van der Waals surface area contributed by atoms with E-state index in [1.807, 2.05) is 0 Å². The van der Waals surface area contributed by atoms with Crippen molar-refractivity contribution in [3.63, 3.8) is 0 Å². The molecule has 22 rings (SSSR count). The first-order chi connectivity index (χ1) is 50.6. The lowest BCUT2D eigenvalue weighted by atomic mass is 9.34. The highest BCUT2D eigenvalue weighted by Crippen LogP contribution is 2.56. The molecule has 0 N–H and O–H groups in total. The zero-order valence-electron chi connectivity index (χ0n) is 55.8. The Labute approximate surface area is 594 Å². The Morgan fingerprint density at radius 1 is 0.137 bits per heavy atom. The Balaban J connectivity index is 0.976. The molecule has 0 unspecified atom stereocenters. The maximum atomic E-state index is 2.73. The van der Waals surface area contributed by atoms with Crippen molar-refractivity contribution in [3.8, 4) is 156 Å². The van der Waals surface area contributed by atoms with E-state index >= 15 is 0 Å². The zero-order valence-corrected chi connectivity index (χ0v) is 55.8. The Bertz CT molecular complexity index is 5970. The van der Waals surface area contributed by atoms with Gasteiger partial charge in [0.25, 0.3) is 0 Å². The summed E-state index contributed by atoms with van der Waals surface area (Å²) in [6, 6.07) is 139. The topological polar surface area (TPSA) is 0 Å². The van der Waals surface area contributed by atoms with Crippen LogP contribution in [0.2, 0.25) is 0 Å². The molecule has 0 atom stereocenters. The Hall–Kier alpha value is -12.9. The summed E-state index contributed by atoms with van der Waals surface area (Å²) in [5.41, 5.74) is 42.8. The summed E-state index contributed by atoms with van der Waals surface area (Å²) in [6.45, 7) is -0.146. The summed E-state index contributed by atoms with van der Waals surface area (Å²) in [4.78, 5) is 0. The number of benzene rings is 18. The van der Waals surface area contributed by atoms with Crippen LogP contribution < -0.4 is 32.8 Å². The smallest absolute Gasteiger partial charge is 0.0657 e. The zero-order chi connectivity index (χ0) is 66.7. The van der Waals surface area contributed by atoms with Gasteiger partial charge >= 0.3 is 0 Å². The fraction of sp³-hybridized carbons (Fsp3) is 0. The summed E-state index contributed by atoms with van der Waals surface area (Å²) >= 11 is 0. The fourth-order valence-electron chi connectivity index (χ4n) is 18.8. The molecule has 4 aliphatic heterocycles. The van der Waals surface area contributed by atoms with Gasteiger partial charge in [-0.3, -0.25) is 0 Å². The van der Waals surface area contributed by atoms with Crippen molar-refractivity contribution in [1.82, 2.24) is 0 Å². The van der Waals surface area contributed by atoms with Crippen LogP contribution in [0, 0.1) is 0 Å². The molecule has 2 heteroatoms. The molecule has 102 heavy (non-hydrogen) atoms. The van der Waals surface area contributed by atoms with Crippen LogP contribution in [-0.4, -0.2) is 13.4 Å². The van der Waals surface area contributed by atoms with Gasteiger partial charge in [0.05, 0.1) is 0 Å². The highest BCUT2D eigenvalue weighted by Gasteiger charge is 2.46. The first kappa shape index (κ1) is 57.1. The molecule has 4 aliphatic rings. The first-order valence-electron chi connectivity index (χ1n) is 35.9. The van der Waals surface area contributed by atoms with Crippen molar-refractivity contribution < 1.29 is 0 Å². The van der Waals surface area contributed by atoms with Gasteiger partial charge < -0.3 is 0 Å². The average molecular weight is 1280 g/mol. The summed E-state index contributed by atoms with van der Waals surface area (Å²) in [7, 11) is 0. The predicted molar refractivity (Wildman–Crippen MR) is 436 cm³/mol. The number of hydrogen-bond donors (Lipinski definition) is 0. The fourth-order valence-corrected chi connectivity index (χ4v) is 18.8. The van der Waals surface area contributed by atoms with E-state index in [0.29, 0.717) is 0 Å². The predicted octanol–water partition coefficient (Wildman–Crippen LogP) is 22.2. The third-order valence-corrected chi connectivity index (χ3v) is 23.0. The molecular weight excluding hydrogens is 1220 g/mol. The summed E-state index contributed by atoms with van der Waals surface area (Å²) in [6.07, 6.45) is 0. The molecule has 0 spiro atoms. The van der Waals surface area contributed by atoms with Gasteiger partial charge in [-0.25, -0.2) is 0 Å². The van der Waals surface area contributed by atoms with Gasteiger partial charge in [-0.1, -0.05) is 348 Å². The van der Waals surface area contributed by atoms with Gasteiger partial charge in [-0.05, 0) is 237 Å². The lowest BCUT2D eigenvalue weighted by molar-refractivity contribution is 1.57. The van der Waals surface area contributed by atoms with Crippen molar-refractivity contribution in [2.75, 3.05) is 0 Å². The van der Waals surface area contributed by atoms with E-state index in [1.54, 1.807) is 0 Å². The normalized spacial score (nSPS) is 12.5. The van der Waals surface area contributed by atoms with Crippen LogP contribution in [0.4, 0.5) is 0 Å². The van der Waals surface area contributed by atoms with Crippen molar-refractivity contribution in [1.29, 1.82) is 0 Å². The molecule has 18 aromatic carbocycles. The maximum absolute atomic E-state index is 2.73. The molecule has 0 saturated heterocycles. The Kier molecular flexibility index (Phi) is 12.5. The Morgan fingerprint density at radius 3 is 0.706 bits per heavy atom. The van der Waals surface area contributed by atoms with E-state index in [9.17, 15) is 0 Å². The van der Waals surface area contributed by atoms with Crippen molar-refractivity contribution in [2.45, 2.75) is 0 Å². The molecule has 4 heterocycles. The molecule has 0 bridgehead atoms. The molecule has 0 radical (unpaired) electrons. The average Bonchev–Trinajstić information content (AvgIpc) is 1.32. The van der Waals surface area contributed by atoms with Crippen molar-refractivity contribution in [3.05, 3.63) is 364 Å². The Morgan fingerprint density at radius 2 is 0.402 bits per heavy atom. The molecule has 0 aromatic heterocycles. The number of rotatable bonds is 10. The molecule has 0 amide bonds. The van der Waals surface area contributed by atoms with Crippen LogP contribution in [0.1, 0.15) is 0 Å². The van der Waals surface area contributed by atoms with Crippen molar-refractivity contribution >= 4 is 78.5 Å². The molecule has 0 nitrogen and oxygen atoms in total. The molecular formula is C100H60B2. The molecule has 18 aromatic rings. The summed E-state index contributed by atoms with van der Waals surface area (Å²) < 4.78 is 0. The lowest BCUT2D eigenvalue weighted by Crippen LogP contribution is -2.53. The van der Waals surface area contributed by atoms with Gasteiger partial charge in [0.1, 0.15) is 0 Å². The van der Waals surface area contributed by atoms with E-state index in [4.69, 9.17) is 0 Å². The van der Waals surface area contributed by atoms with Gasteiger partial charge in [0, 0.05) is 0 Å². The lowest BCUT2D eigenvalue weighted by Gasteiger charge is -2.34. The third kappa shape index (κ3) is 8.42. The minimum atomic E-state index is -0.0730. The van der Waals surface area contributed by atoms with Gasteiger partial charge in [-0.15, -0.1) is 0 Å². The SMILES string of the molecule is c1ccc(-c2ccc3c(c2)-c2cc(-c4ccccc4)cc4c2B3c2cc3c(-c5c(-c6ccccc6)cccc5-c5ccccc5)cc5c6c(cc7c(-c8c(-c9ccccc9)cccc8-c8ccccc8)cc-4c2c7c36)B2c3ccc(-c4ccccc4)cc3-c3cc(-c4ccccc4)cc-5c32)cc1. The van der Waals surface area contributed by atoms with E-state index in [2.05, 4.69) is 364 Å². The quantitative estimate of drug-likeness (QED) is 0.0946. The molecule has 466 valence electrons. The van der Waals surface area contributed by atoms with E-state index in [1.165, 1.54) is 221 Å². The van der Waals surface area contributed by atoms with E-state index < -0.39 is 0 Å². The second-order valence-corrected chi connectivity index (χ2v) is 28.3. The number of fused-ring (bicyclic) bond motifs is 10. The second-order valence-electron chi connectivity index (χ2n) is 28.3. The summed E-state index contributed by atoms with van der Waals surface area (Å²) in [5, 5.41) is 7.87. The minimum absolute atomic E-state index is 0.0730. The molecule has 0 fully saturated rings. The maximum Gasteiger partial charge on any atom is 0.244 e. The monoisotopic (exact) mass is 1280 g/mol. The van der Waals surface area contributed by atoms with Crippen LogP contribution in [0.3, 0.4) is 0 Å². The van der Waals surface area contributed by atoms with Crippen LogP contribution in [-0.2, 0) is 0 Å². The minimum Gasteiger partial charge on any atom is -0.0657 e. The van der Waals surface area contributed by atoms with E-state index in [-0.39, 0.29) is 13.4 Å². The highest BCUT2D eigenvalue weighted by atomic mass is 14.4. The van der Waals surface area contributed by atoms with Crippen LogP contribution in [0.5, 0.6) is 0 Å². The van der Waals surface area contributed by atoms with Gasteiger partial charge in [0.15, 0.2) is 0 Å². The van der Waals surface area contributed by atoms with E-state index in [0.717, 1.165) is 0 Å². The standard InChI is InChI=1S/C100H60B2/c1-9-27-61(28-10-1)69-47-49-89-77(51-69)85-53-71(63-31-13-3-14-32-63)55-87-81-57-79(93-73(65-35-17-5-18-36-65)43-25-44-74(93)66-37-19-6-20-38-66)84-60-92-96-82(88-56-72(64-33-15-4-16-34-64)54-86-78-52-70(62-29-11-2-12-30-62)48-50-90(78)102(92)100(86)88)58-80(83-59-91(101(89)99(85)87)95(81)97(84)98(83)96)94-75(67-39-21-7-22-40-67)45-26-46-76(94)68-41-23-8-24-42-68/h1-60H. The van der Waals surface area contributed by atoms with Crippen molar-refractivity contribution in [2.24, 2.45) is 0 Å². The summed E-state index contributed by atoms with van der Waals surface area (Å²) in [5.74, 6) is 0. The molecule has 0 saturated carbocycles. The molecule has 0 aliphatic carbocycles. The first-order valence-corrected chi connectivity index (χ1v) is 35.9. The van der Waals surface area contributed by atoms with Crippen LogP contribution >= 0.6 is 0 Å². The second kappa shape index (κ2) is 22.3. The largest absolute Gasteiger partial charge is 0.244 e. The van der Waals surface area contributed by atoms with Crippen LogP contribution in [0.25, 0.3) is 188 Å². The van der Waals surface area contributed by atoms with Gasteiger partial charge in [-0.2, -0.15) is 0 Å². The highest BCUT2D eigenvalue weighted by molar-refractivity contribution is 7.03. The van der Waals surface area contributed by atoms with Gasteiger partial charge in [0.2, 0.25) is 13.4 Å².